The lowest BCUT2D eigenvalue weighted by molar-refractivity contribution is -0.384. The van der Waals surface area contributed by atoms with E-state index in [1.807, 2.05) is 6.07 Å². The first-order valence-electron chi connectivity index (χ1n) is 6.84. The Morgan fingerprint density at radius 1 is 1.29 bits per heavy atom. The first-order valence-corrected chi connectivity index (χ1v) is 7.63. The van der Waals surface area contributed by atoms with Crippen LogP contribution in [0.5, 0.6) is 5.75 Å². The molecular weight excluding hydrogens is 380 g/mol. The average Bonchev–Trinajstić information content (AvgIpc) is 2.86. The van der Waals surface area contributed by atoms with Crippen LogP contribution >= 0.6 is 15.9 Å². The van der Waals surface area contributed by atoms with E-state index >= 15 is 0 Å². The number of nitrogens with zero attached hydrogens (tertiary/aromatic N) is 1. The van der Waals surface area contributed by atoms with Gasteiger partial charge in [-0.1, -0.05) is 15.9 Å². The average molecular weight is 391 g/mol. The van der Waals surface area contributed by atoms with Gasteiger partial charge < -0.3 is 14.8 Å². The van der Waals surface area contributed by atoms with E-state index in [2.05, 4.69) is 21.2 Å². The normalized spacial score (nSPS) is 10.8. The van der Waals surface area contributed by atoms with Crippen LogP contribution in [0.25, 0.3) is 11.0 Å². The zero-order chi connectivity index (χ0) is 17.4. The van der Waals surface area contributed by atoms with Crippen molar-refractivity contribution in [3.05, 3.63) is 62.3 Å². The number of carbonyl (C=O) groups excluding carboxylic acids is 1. The zero-order valence-corrected chi connectivity index (χ0v) is 14.0. The Morgan fingerprint density at radius 2 is 2.04 bits per heavy atom. The zero-order valence-electron chi connectivity index (χ0n) is 12.4. The SMILES string of the molecule is Cc1c(C(=O)Nc2cc([N+](=O)[O-])ccc2O)oc2ccc(Br)cc12. The lowest BCUT2D eigenvalue weighted by Gasteiger charge is -2.06. The van der Waals surface area contributed by atoms with Crippen LogP contribution in [0.3, 0.4) is 0 Å². The number of aryl methyl sites for hydroxylation is 1. The van der Waals surface area contributed by atoms with E-state index in [0.717, 1.165) is 28.1 Å². The number of amides is 1. The van der Waals surface area contributed by atoms with Crippen molar-refractivity contribution >= 4 is 44.2 Å². The van der Waals surface area contributed by atoms with Crippen LogP contribution in [0.2, 0.25) is 0 Å². The lowest BCUT2D eigenvalue weighted by atomic mass is 10.1. The van der Waals surface area contributed by atoms with Crippen LogP contribution in [0.4, 0.5) is 11.4 Å². The Morgan fingerprint density at radius 3 is 2.75 bits per heavy atom. The molecule has 3 aromatic rings. The van der Waals surface area contributed by atoms with Gasteiger partial charge in [0.05, 0.1) is 10.6 Å². The van der Waals surface area contributed by atoms with Crippen molar-refractivity contribution in [2.75, 3.05) is 5.32 Å². The van der Waals surface area contributed by atoms with Gasteiger partial charge in [-0.2, -0.15) is 0 Å². The van der Waals surface area contributed by atoms with E-state index in [9.17, 15) is 20.0 Å². The summed E-state index contributed by atoms with van der Waals surface area (Å²) in [4.78, 5) is 22.6. The number of phenolic OH excluding ortho intramolecular Hbond substituents is 1. The van der Waals surface area contributed by atoms with Gasteiger partial charge in [-0.05, 0) is 31.2 Å². The second-order valence-electron chi connectivity index (χ2n) is 5.11. The molecule has 0 unspecified atom stereocenters. The van der Waals surface area contributed by atoms with E-state index < -0.39 is 10.8 Å². The Balaban J connectivity index is 1.97. The number of carbonyl (C=O) groups is 1. The molecule has 7 nitrogen and oxygen atoms in total. The summed E-state index contributed by atoms with van der Waals surface area (Å²) in [6.07, 6.45) is 0. The molecule has 0 aliphatic carbocycles. The molecule has 122 valence electrons. The fourth-order valence-corrected chi connectivity index (χ4v) is 2.69. The van der Waals surface area contributed by atoms with E-state index in [0.29, 0.717) is 11.1 Å². The minimum absolute atomic E-state index is 0.0600. The number of furan rings is 1. The van der Waals surface area contributed by atoms with Crippen LogP contribution in [0, 0.1) is 17.0 Å². The van der Waals surface area contributed by atoms with E-state index in [4.69, 9.17) is 4.42 Å². The number of phenols is 1. The van der Waals surface area contributed by atoms with Crippen molar-refractivity contribution in [3.63, 3.8) is 0 Å². The minimum Gasteiger partial charge on any atom is -0.506 e. The predicted molar refractivity (Wildman–Crippen MR) is 91.4 cm³/mol. The number of fused-ring (bicyclic) bond motifs is 1. The minimum atomic E-state index is -0.612. The maximum absolute atomic E-state index is 12.4. The molecule has 2 aromatic carbocycles. The molecular formula is C16H11BrN2O5. The number of nitro benzene ring substituents is 1. The molecule has 0 saturated carbocycles. The maximum Gasteiger partial charge on any atom is 0.291 e. The first kappa shape index (κ1) is 16.0. The Bertz CT molecular complexity index is 980. The van der Waals surface area contributed by atoms with Crippen molar-refractivity contribution < 1.29 is 19.2 Å². The number of hydrogen-bond acceptors (Lipinski definition) is 5. The standard InChI is InChI=1S/C16H11BrN2O5/c1-8-11-6-9(17)2-5-14(11)24-15(8)16(21)18-12-7-10(19(22)23)3-4-13(12)20/h2-7,20H,1H3,(H,18,21). The summed E-state index contributed by atoms with van der Waals surface area (Å²) < 4.78 is 6.41. The molecule has 24 heavy (non-hydrogen) atoms. The summed E-state index contributed by atoms with van der Waals surface area (Å²) in [6.45, 7) is 1.74. The lowest BCUT2D eigenvalue weighted by Crippen LogP contribution is -2.12. The monoisotopic (exact) mass is 390 g/mol. The Kier molecular flexibility index (Phi) is 3.98. The van der Waals surface area contributed by atoms with Crippen LogP contribution in [0.1, 0.15) is 16.1 Å². The number of nitrogens with one attached hydrogen (secondary N) is 1. The molecule has 0 spiro atoms. The van der Waals surface area contributed by atoms with Gasteiger partial charge in [-0.3, -0.25) is 14.9 Å². The van der Waals surface area contributed by atoms with Crippen LogP contribution in [-0.4, -0.2) is 15.9 Å². The maximum atomic E-state index is 12.4. The van der Waals surface area contributed by atoms with Gasteiger partial charge in [0.2, 0.25) is 0 Å². The number of nitro groups is 1. The highest BCUT2D eigenvalue weighted by Gasteiger charge is 2.20. The number of anilines is 1. The third-order valence-corrected chi connectivity index (χ3v) is 4.04. The molecule has 0 fully saturated rings. The highest BCUT2D eigenvalue weighted by atomic mass is 79.9. The topological polar surface area (TPSA) is 106 Å². The van der Waals surface area contributed by atoms with Gasteiger partial charge in [0.25, 0.3) is 11.6 Å². The summed E-state index contributed by atoms with van der Waals surface area (Å²) in [5.74, 6) is -0.796. The summed E-state index contributed by atoms with van der Waals surface area (Å²) in [5, 5.41) is 23.8. The quantitative estimate of drug-likeness (QED) is 0.392. The number of rotatable bonds is 3. The van der Waals surface area contributed by atoms with E-state index in [1.165, 1.54) is 0 Å². The van der Waals surface area contributed by atoms with Gasteiger partial charge in [-0.25, -0.2) is 0 Å². The molecule has 0 bridgehead atoms. The predicted octanol–water partition coefficient (Wildman–Crippen LogP) is 4.37. The van der Waals surface area contributed by atoms with E-state index in [1.54, 1.807) is 19.1 Å². The summed E-state index contributed by atoms with van der Waals surface area (Å²) >= 11 is 3.36. The molecule has 3 rings (SSSR count). The van der Waals surface area contributed by atoms with Crippen molar-refractivity contribution in [3.8, 4) is 5.75 Å². The third-order valence-electron chi connectivity index (χ3n) is 3.54. The second-order valence-corrected chi connectivity index (χ2v) is 6.03. The largest absolute Gasteiger partial charge is 0.506 e. The summed E-state index contributed by atoms with van der Waals surface area (Å²) in [5.41, 5.74) is 0.876. The summed E-state index contributed by atoms with van der Waals surface area (Å²) in [6, 6.07) is 8.73. The van der Waals surface area contributed by atoms with Crippen LogP contribution in [0.15, 0.2) is 45.3 Å². The number of benzene rings is 2. The second kappa shape index (κ2) is 5.97. The number of hydrogen-bond donors (Lipinski definition) is 2. The molecule has 0 atom stereocenters. The molecule has 2 N–H and O–H groups in total. The van der Waals surface area contributed by atoms with Gasteiger partial charge in [-0.15, -0.1) is 0 Å². The van der Waals surface area contributed by atoms with Gasteiger partial charge >= 0.3 is 0 Å². The number of halogens is 1. The molecule has 1 aromatic heterocycles. The fraction of sp³-hybridized carbons (Fsp3) is 0.0625. The molecule has 1 heterocycles. The van der Waals surface area contributed by atoms with Crippen molar-refractivity contribution in [1.29, 1.82) is 0 Å². The fourth-order valence-electron chi connectivity index (χ4n) is 2.33. The molecule has 0 aliphatic heterocycles. The van der Waals surface area contributed by atoms with Crippen LogP contribution < -0.4 is 5.32 Å². The number of non-ortho nitro benzene ring substituents is 1. The van der Waals surface area contributed by atoms with Crippen LogP contribution in [-0.2, 0) is 0 Å². The highest BCUT2D eigenvalue weighted by molar-refractivity contribution is 9.10. The Hall–Kier alpha value is -2.87. The molecule has 0 saturated heterocycles. The van der Waals surface area contributed by atoms with Gasteiger partial charge in [0, 0.05) is 27.6 Å². The molecule has 0 aliphatic rings. The molecule has 1 amide bonds. The number of aromatic hydroxyl groups is 1. The molecule has 8 heteroatoms. The molecule has 0 radical (unpaired) electrons. The smallest absolute Gasteiger partial charge is 0.291 e. The summed E-state index contributed by atoms with van der Waals surface area (Å²) in [7, 11) is 0. The van der Waals surface area contributed by atoms with Crippen molar-refractivity contribution in [2.45, 2.75) is 6.92 Å². The Labute approximate surface area is 144 Å². The highest BCUT2D eigenvalue weighted by Crippen LogP contribution is 2.31. The van der Waals surface area contributed by atoms with Gasteiger partial charge in [0.1, 0.15) is 11.3 Å². The van der Waals surface area contributed by atoms with Gasteiger partial charge in [0.15, 0.2) is 5.76 Å². The van der Waals surface area contributed by atoms with Crippen molar-refractivity contribution in [2.24, 2.45) is 0 Å². The van der Waals surface area contributed by atoms with Crippen molar-refractivity contribution in [1.82, 2.24) is 0 Å². The third kappa shape index (κ3) is 2.83. The first-order chi connectivity index (χ1) is 11.4. The van der Waals surface area contributed by atoms with E-state index in [-0.39, 0.29) is 22.9 Å².